The Labute approximate surface area is 107 Å². The van der Waals surface area contributed by atoms with Crippen molar-refractivity contribution in [3.05, 3.63) is 53.4 Å². The lowest BCUT2D eigenvalue weighted by molar-refractivity contribution is 0.0696. The first kappa shape index (κ1) is 12.9. The fraction of sp³-hybridized carbons (Fsp3) is 0.0769. The molecule has 0 unspecified atom stereocenters. The summed E-state index contributed by atoms with van der Waals surface area (Å²) in [7, 11) is 0. The van der Waals surface area contributed by atoms with Crippen LogP contribution in [-0.4, -0.2) is 16.1 Å². The molecular formula is C13H10F2N2O2. The minimum absolute atomic E-state index is 0.402. The van der Waals surface area contributed by atoms with Crippen LogP contribution in [-0.2, 0) is 0 Å². The van der Waals surface area contributed by atoms with Gasteiger partial charge in [0, 0.05) is 6.20 Å². The van der Waals surface area contributed by atoms with Crippen molar-refractivity contribution in [2.45, 2.75) is 6.92 Å². The Hall–Kier alpha value is -2.50. The first-order valence-electron chi connectivity index (χ1n) is 5.40. The maximum Gasteiger partial charge on any atom is 0.335 e. The number of nitrogens with one attached hydrogen (secondary N) is 1. The van der Waals surface area contributed by atoms with Crippen LogP contribution in [0.25, 0.3) is 0 Å². The molecule has 98 valence electrons. The van der Waals surface area contributed by atoms with Crippen LogP contribution in [0.2, 0.25) is 0 Å². The molecule has 2 N–H and O–H groups in total. The molecule has 0 saturated carbocycles. The van der Waals surface area contributed by atoms with Gasteiger partial charge >= 0.3 is 5.97 Å². The highest BCUT2D eigenvalue weighted by atomic mass is 19.1. The number of benzene rings is 1. The number of hydrogen-bond donors (Lipinski definition) is 2. The van der Waals surface area contributed by atoms with Gasteiger partial charge in [0.2, 0.25) is 0 Å². The van der Waals surface area contributed by atoms with E-state index in [0.717, 1.165) is 12.1 Å². The van der Waals surface area contributed by atoms with E-state index >= 15 is 0 Å². The molecule has 0 aliphatic heterocycles. The zero-order valence-corrected chi connectivity index (χ0v) is 9.95. The average molecular weight is 264 g/mol. The SMILES string of the molecule is Cc1ncccc1Nc1c(F)cc(C(=O)O)cc1F. The van der Waals surface area contributed by atoms with Gasteiger partial charge < -0.3 is 10.4 Å². The fourth-order valence-electron chi connectivity index (χ4n) is 1.57. The molecule has 0 saturated heterocycles. The number of halogens is 2. The van der Waals surface area contributed by atoms with Gasteiger partial charge in [-0.3, -0.25) is 4.98 Å². The number of carboxylic acids is 1. The lowest BCUT2D eigenvalue weighted by Crippen LogP contribution is -2.04. The molecule has 1 aromatic carbocycles. The highest BCUT2D eigenvalue weighted by molar-refractivity contribution is 5.88. The highest BCUT2D eigenvalue weighted by Gasteiger charge is 2.15. The summed E-state index contributed by atoms with van der Waals surface area (Å²) in [5.41, 5.74) is 0.177. The van der Waals surface area contributed by atoms with Crippen LogP contribution < -0.4 is 5.32 Å². The van der Waals surface area contributed by atoms with Gasteiger partial charge in [0.05, 0.1) is 16.9 Å². The van der Waals surface area contributed by atoms with E-state index in [9.17, 15) is 13.6 Å². The monoisotopic (exact) mass is 264 g/mol. The number of carbonyl (C=O) groups is 1. The molecule has 0 atom stereocenters. The second-order valence-corrected chi connectivity index (χ2v) is 3.88. The summed E-state index contributed by atoms with van der Waals surface area (Å²) >= 11 is 0. The molecule has 1 aromatic heterocycles. The third kappa shape index (κ3) is 2.67. The largest absolute Gasteiger partial charge is 0.478 e. The summed E-state index contributed by atoms with van der Waals surface area (Å²) < 4.78 is 27.4. The first-order valence-corrected chi connectivity index (χ1v) is 5.40. The third-order valence-electron chi connectivity index (χ3n) is 2.56. The number of aryl methyl sites for hydroxylation is 1. The van der Waals surface area contributed by atoms with Crippen molar-refractivity contribution < 1.29 is 18.7 Å². The number of rotatable bonds is 3. The van der Waals surface area contributed by atoms with Gasteiger partial charge in [0.15, 0.2) is 11.6 Å². The van der Waals surface area contributed by atoms with Gasteiger partial charge in [-0.2, -0.15) is 0 Å². The number of aromatic carboxylic acids is 1. The minimum Gasteiger partial charge on any atom is -0.478 e. The summed E-state index contributed by atoms with van der Waals surface area (Å²) in [6, 6.07) is 4.77. The van der Waals surface area contributed by atoms with Crippen molar-refractivity contribution >= 4 is 17.3 Å². The second kappa shape index (κ2) is 5.01. The second-order valence-electron chi connectivity index (χ2n) is 3.88. The van der Waals surface area contributed by atoms with E-state index in [1.165, 1.54) is 0 Å². The molecule has 0 aliphatic rings. The molecule has 0 amide bonds. The lowest BCUT2D eigenvalue weighted by atomic mass is 10.1. The predicted octanol–water partition coefficient (Wildman–Crippen LogP) is 3.11. The molecule has 2 aromatic rings. The third-order valence-corrected chi connectivity index (χ3v) is 2.56. The quantitative estimate of drug-likeness (QED) is 0.894. The zero-order chi connectivity index (χ0) is 14.0. The topological polar surface area (TPSA) is 62.2 Å². The van der Waals surface area contributed by atoms with Crippen molar-refractivity contribution in [2.75, 3.05) is 5.32 Å². The van der Waals surface area contributed by atoms with E-state index < -0.39 is 28.9 Å². The van der Waals surface area contributed by atoms with Crippen LogP contribution in [0.4, 0.5) is 20.2 Å². The van der Waals surface area contributed by atoms with Crippen molar-refractivity contribution in [3.8, 4) is 0 Å². The van der Waals surface area contributed by atoms with Gasteiger partial charge in [0.25, 0.3) is 0 Å². The van der Waals surface area contributed by atoms with Crippen LogP contribution in [0.1, 0.15) is 16.1 Å². The Morgan fingerprint density at radius 1 is 1.32 bits per heavy atom. The number of anilines is 2. The summed E-state index contributed by atoms with van der Waals surface area (Å²) in [6.45, 7) is 1.68. The molecule has 0 radical (unpaired) electrons. The van der Waals surface area contributed by atoms with Crippen molar-refractivity contribution in [2.24, 2.45) is 0 Å². The molecule has 6 heteroatoms. The van der Waals surface area contributed by atoms with E-state index in [0.29, 0.717) is 11.4 Å². The Balaban J connectivity index is 2.42. The first-order chi connectivity index (χ1) is 8.99. The standard InChI is InChI=1S/C13H10F2N2O2/c1-7-11(3-2-4-16-7)17-12-9(14)5-8(13(18)19)6-10(12)15/h2-6,17H,1H3,(H,18,19). The van der Waals surface area contributed by atoms with Crippen LogP contribution in [0.5, 0.6) is 0 Å². The fourth-order valence-corrected chi connectivity index (χ4v) is 1.57. The molecule has 19 heavy (non-hydrogen) atoms. The number of nitrogens with zero attached hydrogens (tertiary/aromatic N) is 1. The number of aromatic nitrogens is 1. The maximum atomic E-state index is 13.7. The van der Waals surface area contributed by atoms with Crippen LogP contribution >= 0.6 is 0 Å². The maximum absolute atomic E-state index is 13.7. The van der Waals surface area contributed by atoms with Gasteiger partial charge in [-0.25, -0.2) is 13.6 Å². The minimum atomic E-state index is -1.39. The number of hydrogen-bond acceptors (Lipinski definition) is 3. The molecule has 1 heterocycles. The molecule has 2 rings (SSSR count). The van der Waals surface area contributed by atoms with E-state index in [-0.39, 0.29) is 0 Å². The molecule has 0 fully saturated rings. The van der Waals surface area contributed by atoms with Crippen molar-refractivity contribution in [1.29, 1.82) is 0 Å². The summed E-state index contributed by atoms with van der Waals surface area (Å²) in [4.78, 5) is 14.6. The van der Waals surface area contributed by atoms with Crippen molar-refractivity contribution in [1.82, 2.24) is 4.98 Å². The summed E-state index contributed by atoms with van der Waals surface area (Å²) in [6.07, 6.45) is 1.56. The molecular weight excluding hydrogens is 254 g/mol. The lowest BCUT2D eigenvalue weighted by Gasteiger charge is -2.11. The predicted molar refractivity (Wildman–Crippen MR) is 65.6 cm³/mol. The smallest absolute Gasteiger partial charge is 0.335 e. The molecule has 0 aliphatic carbocycles. The Morgan fingerprint density at radius 3 is 2.47 bits per heavy atom. The van der Waals surface area contributed by atoms with Crippen LogP contribution in [0.15, 0.2) is 30.5 Å². The van der Waals surface area contributed by atoms with Gasteiger partial charge in [-0.1, -0.05) is 0 Å². The highest BCUT2D eigenvalue weighted by Crippen LogP contribution is 2.25. The van der Waals surface area contributed by atoms with Crippen molar-refractivity contribution in [3.63, 3.8) is 0 Å². The van der Waals surface area contributed by atoms with Gasteiger partial charge in [0.1, 0.15) is 5.69 Å². The van der Waals surface area contributed by atoms with E-state index in [2.05, 4.69) is 10.3 Å². The Kier molecular flexibility index (Phi) is 3.41. The number of pyridine rings is 1. The van der Waals surface area contributed by atoms with Crippen LogP contribution in [0.3, 0.4) is 0 Å². The zero-order valence-electron chi connectivity index (χ0n) is 9.95. The molecule has 4 nitrogen and oxygen atoms in total. The number of carboxylic acid groups (broad SMARTS) is 1. The van der Waals surface area contributed by atoms with Crippen LogP contribution in [0, 0.1) is 18.6 Å². The Morgan fingerprint density at radius 2 is 1.95 bits per heavy atom. The van der Waals surface area contributed by atoms with E-state index in [4.69, 9.17) is 5.11 Å². The summed E-state index contributed by atoms with van der Waals surface area (Å²) in [5, 5.41) is 11.3. The van der Waals surface area contributed by atoms with E-state index in [1.807, 2.05) is 0 Å². The Bertz CT molecular complexity index is 621. The average Bonchev–Trinajstić information content (AvgIpc) is 2.35. The molecule has 0 bridgehead atoms. The van der Waals surface area contributed by atoms with E-state index in [1.54, 1.807) is 25.3 Å². The summed E-state index contributed by atoms with van der Waals surface area (Å²) in [5.74, 6) is -3.33. The molecule has 0 spiro atoms. The normalized spacial score (nSPS) is 10.3. The van der Waals surface area contributed by atoms with Gasteiger partial charge in [-0.15, -0.1) is 0 Å². The van der Waals surface area contributed by atoms with Gasteiger partial charge in [-0.05, 0) is 31.2 Å².